The van der Waals surface area contributed by atoms with Crippen molar-refractivity contribution in [1.82, 2.24) is 0 Å². The van der Waals surface area contributed by atoms with Crippen molar-refractivity contribution in [2.75, 3.05) is 17.2 Å². The van der Waals surface area contributed by atoms with Gasteiger partial charge in [0.05, 0.1) is 15.8 Å². The maximum Gasteiger partial charge on any atom is 0.139 e. The Kier molecular flexibility index (Phi) is 2.18. The summed E-state index contributed by atoms with van der Waals surface area (Å²) in [6.45, 7) is 4.99. The zero-order chi connectivity index (χ0) is 10.3. The first kappa shape index (κ1) is 9.77. The Balaban J connectivity index is 2.43. The maximum atomic E-state index is 13.2. The zero-order valence-electron chi connectivity index (χ0n) is 8.12. The average Bonchev–Trinajstić information content (AvgIpc) is 2.07. The average molecular weight is 259 g/mol. The molecule has 0 saturated carbocycles. The Morgan fingerprint density at radius 1 is 1.36 bits per heavy atom. The van der Waals surface area contributed by atoms with Gasteiger partial charge in [-0.05, 0) is 35.8 Å². The number of anilines is 2. The van der Waals surface area contributed by atoms with Gasteiger partial charge < -0.3 is 10.6 Å². The molecule has 1 aromatic carbocycles. The van der Waals surface area contributed by atoms with Gasteiger partial charge >= 0.3 is 0 Å². The van der Waals surface area contributed by atoms with E-state index in [0.717, 1.165) is 17.9 Å². The molecule has 2 nitrogen and oxygen atoms in total. The van der Waals surface area contributed by atoms with Crippen molar-refractivity contribution < 1.29 is 4.39 Å². The molecule has 0 aromatic heterocycles. The van der Waals surface area contributed by atoms with Crippen LogP contribution in [0.2, 0.25) is 0 Å². The number of benzene rings is 1. The highest BCUT2D eigenvalue weighted by molar-refractivity contribution is 9.10. The molecule has 0 aliphatic carbocycles. The second kappa shape index (κ2) is 3.12. The minimum atomic E-state index is -0.238. The molecule has 0 radical (unpaired) electrons. The number of rotatable bonds is 0. The lowest BCUT2D eigenvalue weighted by molar-refractivity contribution is 0.583. The van der Waals surface area contributed by atoms with Crippen LogP contribution in [0.3, 0.4) is 0 Å². The summed E-state index contributed by atoms with van der Waals surface area (Å²) >= 11 is 3.17. The summed E-state index contributed by atoms with van der Waals surface area (Å²) in [4.78, 5) is 0. The Hall–Kier alpha value is -0.770. The maximum absolute atomic E-state index is 13.2. The predicted octanol–water partition coefficient (Wildman–Crippen LogP) is 3.20. The lowest BCUT2D eigenvalue weighted by Crippen LogP contribution is -2.42. The third-order valence-corrected chi connectivity index (χ3v) is 2.86. The van der Waals surface area contributed by atoms with Gasteiger partial charge in [0.2, 0.25) is 0 Å². The second-order valence-corrected chi connectivity index (χ2v) is 5.03. The Morgan fingerprint density at radius 2 is 2.07 bits per heavy atom. The molecule has 1 aliphatic rings. The molecular weight excluding hydrogens is 247 g/mol. The third-order valence-electron chi connectivity index (χ3n) is 2.25. The van der Waals surface area contributed by atoms with Crippen molar-refractivity contribution in [2.24, 2.45) is 0 Å². The molecule has 0 saturated heterocycles. The van der Waals surface area contributed by atoms with Crippen molar-refractivity contribution in [3.8, 4) is 0 Å². The molecule has 0 spiro atoms. The first-order valence-corrected chi connectivity index (χ1v) is 5.28. The van der Waals surface area contributed by atoms with Crippen LogP contribution in [-0.4, -0.2) is 12.1 Å². The van der Waals surface area contributed by atoms with E-state index in [1.165, 1.54) is 6.07 Å². The van der Waals surface area contributed by atoms with E-state index in [0.29, 0.717) is 4.47 Å². The topological polar surface area (TPSA) is 24.1 Å². The third kappa shape index (κ3) is 1.71. The van der Waals surface area contributed by atoms with Gasteiger partial charge in [-0.1, -0.05) is 0 Å². The highest BCUT2D eigenvalue weighted by atomic mass is 79.9. The Morgan fingerprint density at radius 3 is 2.79 bits per heavy atom. The number of halogens is 2. The number of fused-ring (bicyclic) bond motifs is 1. The quantitative estimate of drug-likeness (QED) is 0.747. The number of hydrogen-bond donors (Lipinski definition) is 2. The summed E-state index contributed by atoms with van der Waals surface area (Å²) in [5.41, 5.74) is 1.77. The minimum absolute atomic E-state index is 0.00424. The van der Waals surface area contributed by atoms with Gasteiger partial charge in [-0.3, -0.25) is 0 Å². The molecule has 1 aliphatic heterocycles. The Labute approximate surface area is 91.0 Å². The monoisotopic (exact) mass is 258 g/mol. The molecule has 0 atom stereocenters. The van der Waals surface area contributed by atoms with Gasteiger partial charge in [0, 0.05) is 18.2 Å². The van der Waals surface area contributed by atoms with Crippen LogP contribution in [0, 0.1) is 5.82 Å². The van der Waals surface area contributed by atoms with Crippen LogP contribution in [-0.2, 0) is 0 Å². The minimum Gasteiger partial charge on any atom is -0.381 e. The largest absolute Gasteiger partial charge is 0.381 e. The molecule has 0 unspecified atom stereocenters. The van der Waals surface area contributed by atoms with E-state index in [9.17, 15) is 4.39 Å². The molecule has 0 bridgehead atoms. The van der Waals surface area contributed by atoms with E-state index >= 15 is 0 Å². The molecule has 0 fully saturated rings. The summed E-state index contributed by atoms with van der Waals surface area (Å²) in [5.74, 6) is -0.238. The van der Waals surface area contributed by atoms with Crippen LogP contribution in [0.4, 0.5) is 15.8 Å². The van der Waals surface area contributed by atoms with Crippen molar-refractivity contribution in [3.05, 3.63) is 22.4 Å². The van der Waals surface area contributed by atoms with Gasteiger partial charge in [0.1, 0.15) is 5.82 Å². The van der Waals surface area contributed by atoms with Crippen LogP contribution in [0.1, 0.15) is 13.8 Å². The molecule has 76 valence electrons. The molecule has 0 amide bonds. The summed E-state index contributed by atoms with van der Waals surface area (Å²) in [6.07, 6.45) is 0. The molecule has 2 N–H and O–H groups in total. The number of nitrogens with one attached hydrogen (secondary N) is 2. The molecule has 4 heteroatoms. The number of hydrogen-bond acceptors (Lipinski definition) is 2. The van der Waals surface area contributed by atoms with E-state index in [1.807, 2.05) is 0 Å². The Bertz CT molecular complexity index is 377. The van der Waals surface area contributed by atoms with E-state index in [1.54, 1.807) is 6.07 Å². The van der Waals surface area contributed by atoms with Crippen molar-refractivity contribution >= 4 is 27.3 Å². The van der Waals surface area contributed by atoms with Crippen LogP contribution >= 0.6 is 15.9 Å². The predicted molar refractivity (Wildman–Crippen MR) is 60.3 cm³/mol. The molecule has 2 rings (SSSR count). The van der Waals surface area contributed by atoms with Gasteiger partial charge in [-0.15, -0.1) is 0 Å². The van der Waals surface area contributed by atoms with E-state index in [2.05, 4.69) is 40.4 Å². The highest BCUT2D eigenvalue weighted by Crippen LogP contribution is 2.33. The van der Waals surface area contributed by atoms with Gasteiger partial charge in [0.25, 0.3) is 0 Å². The fourth-order valence-electron chi connectivity index (χ4n) is 1.52. The van der Waals surface area contributed by atoms with Crippen molar-refractivity contribution in [1.29, 1.82) is 0 Å². The normalized spacial score (nSPS) is 18.0. The lowest BCUT2D eigenvalue weighted by Gasteiger charge is -2.34. The standard InChI is InChI=1S/C10H12BrFN2/c1-10(2)5-13-8-4-7(12)6(11)3-9(8)14-10/h3-4,13-14H,5H2,1-2H3. The first-order chi connectivity index (χ1) is 6.48. The SMILES string of the molecule is CC1(C)CNc2cc(F)c(Br)cc2N1. The molecule has 1 aromatic rings. The second-order valence-electron chi connectivity index (χ2n) is 4.17. The van der Waals surface area contributed by atoms with Crippen LogP contribution in [0.5, 0.6) is 0 Å². The van der Waals surface area contributed by atoms with Gasteiger partial charge in [-0.25, -0.2) is 4.39 Å². The van der Waals surface area contributed by atoms with E-state index < -0.39 is 0 Å². The van der Waals surface area contributed by atoms with Gasteiger partial charge in [-0.2, -0.15) is 0 Å². The lowest BCUT2D eigenvalue weighted by atomic mass is 10.0. The zero-order valence-corrected chi connectivity index (χ0v) is 9.70. The van der Waals surface area contributed by atoms with Crippen molar-refractivity contribution in [2.45, 2.75) is 19.4 Å². The van der Waals surface area contributed by atoms with E-state index in [4.69, 9.17) is 0 Å². The fourth-order valence-corrected chi connectivity index (χ4v) is 1.86. The van der Waals surface area contributed by atoms with Crippen molar-refractivity contribution in [3.63, 3.8) is 0 Å². The van der Waals surface area contributed by atoms with Gasteiger partial charge in [0.15, 0.2) is 0 Å². The molecule has 1 heterocycles. The molecular formula is C10H12BrFN2. The summed E-state index contributed by atoms with van der Waals surface area (Å²) in [6, 6.07) is 3.26. The molecule has 14 heavy (non-hydrogen) atoms. The summed E-state index contributed by atoms with van der Waals surface area (Å²) in [5, 5.41) is 6.54. The van der Waals surface area contributed by atoms with Crippen LogP contribution in [0.25, 0.3) is 0 Å². The van der Waals surface area contributed by atoms with E-state index in [-0.39, 0.29) is 11.4 Å². The smallest absolute Gasteiger partial charge is 0.139 e. The van der Waals surface area contributed by atoms with Crippen LogP contribution < -0.4 is 10.6 Å². The highest BCUT2D eigenvalue weighted by Gasteiger charge is 2.24. The summed E-state index contributed by atoms with van der Waals surface area (Å²) < 4.78 is 13.7. The first-order valence-electron chi connectivity index (χ1n) is 4.49. The summed E-state index contributed by atoms with van der Waals surface area (Å²) in [7, 11) is 0. The van der Waals surface area contributed by atoms with Crippen LogP contribution in [0.15, 0.2) is 16.6 Å². The fraction of sp³-hybridized carbons (Fsp3) is 0.400.